The Balaban J connectivity index is 3.34. The number of aliphatic hydroxyl groups is 1. The molecule has 0 aliphatic carbocycles. The van der Waals surface area contributed by atoms with Crippen molar-refractivity contribution in [1.82, 2.24) is 0 Å². The lowest BCUT2D eigenvalue weighted by molar-refractivity contribution is -0.262. The summed E-state index contributed by atoms with van der Waals surface area (Å²) < 4.78 is 38.2. The lowest BCUT2D eigenvalue weighted by Crippen LogP contribution is -2.48. The number of halogens is 3. The van der Waals surface area contributed by atoms with E-state index < -0.39 is 18.3 Å². The van der Waals surface area contributed by atoms with Crippen LogP contribution in [0.15, 0.2) is 18.2 Å². The van der Waals surface area contributed by atoms with E-state index >= 15 is 0 Å². The van der Waals surface area contributed by atoms with Crippen LogP contribution in [0.5, 0.6) is 0 Å². The molecule has 0 amide bonds. The molecule has 0 saturated carbocycles. The average molecular weight is 233 g/mol. The van der Waals surface area contributed by atoms with E-state index in [2.05, 4.69) is 0 Å². The van der Waals surface area contributed by atoms with Crippen molar-refractivity contribution in [2.75, 3.05) is 6.54 Å². The Labute approximate surface area is 91.9 Å². The smallest absolute Gasteiger partial charge is 0.375 e. The molecule has 2 nitrogen and oxygen atoms in total. The van der Waals surface area contributed by atoms with Gasteiger partial charge >= 0.3 is 6.18 Å². The summed E-state index contributed by atoms with van der Waals surface area (Å²) in [6, 6.07) is 4.33. The van der Waals surface area contributed by atoms with Crippen LogP contribution >= 0.6 is 0 Å². The molecule has 3 N–H and O–H groups in total. The Morgan fingerprint density at radius 2 is 1.56 bits per heavy atom. The highest BCUT2D eigenvalue weighted by Gasteiger charge is 2.54. The minimum atomic E-state index is -4.78. The van der Waals surface area contributed by atoms with Crippen LogP contribution in [-0.2, 0) is 5.60 Å². The third-order valence-electron chi connectivity index (χ3n) is 2.46. The van der Waals surface area contributed by atoms with E-state index in [0.717, 1.165) is 0 Å². The molecule has 0 bridgehead atoms. The van der Waals surface area contributed by atoms with Crippen molar-refractivity contribution < 1.29 is 18.3 Å². The van der Waals surface area contributed by atoms with E-state index in [1.54, 1.807) is 19.9 Å². The van der Waals surface area contributed by atoms with Gasteiger partial charge in [-0.3, -0.25) is 0 Å². The van der Waals surface area contributed by atoms with Crippen molar-refractivity contribution in [2.24, 2.45) is 5.73 Å². The maximum atomic E-state index is 12.7. The number of aryl methyl sites for hydroxylation is 2. The molecule has 0 fully saturated rings. The van der Waals surface area contributed by atoms with E-state index in [1.807, 2.05) is 0 Å². The molecule has 16 heavy (non-hydrogen) atoms. The van der Waals surface area contributed by atoms with E-state index in [4.69, 9.17) is 5.73 Å². The molecule has 0 spiro atoms. The van der Waals surface area contributed by atoms with Gasteiger partial charge in [-0.2, -0.15) is 13.2 Å². The Morgan fingerprint density at radius 1 is 1.12 bits per heavy atom. The highest BCUT2D eigenvalue weighted by Crippen LogP contribution is 2.38. The van der Waals surface area contributed by atoms with Crippen LogP contribution in [0.1, 0.15) is 16.7 Å². The maximum Gasteiger partial charge on any atom is 0.422 e. The van der Waals surface area contributed by atoms with Gasteiger partial charge in [0.25, 0.3) is 0 Å². The zero-order chi connectivity index (χ0) is 12.6. The summed E-state index contributed by atoms with van der Waals surface area (Å²) in [5, 5.41) is 9.63. The van der Waals surface area contributed by atoms with Gasteiger partial charge in [0.15, 0.2) is 5.60 Å². The summed E-state index contributed by atoms with van der Waals surface area (Å²) in [4.78, 5) is 0. The Morgan fingerprint density at radius 3 is 1.88 bits per heavy atom. The number of hydrogen-bond acceptors (Lipinski definition) is 2. The summed E-state index contributed by atoms with van der Waals surface area (Å²) in [5.74, 6) is 0. The zero-order valence-corrected chi connectivity index (χ0v) is 9.10. The molecular formula is C11H14F3NO. The van der Waals surface area contributed by atoms with Gasteiger partial charge in [0.2, 0.25) is 0 Å². The largest absolute Gasteiger partial charge is 0.422 e. The van der Waals surface area contributed by atoms with Crippen molar-refractivity contribution >= 4 is 0 Å². The highest BCUT2D eigenvalue weighted by molar-refractivity contribution is 5.33. The predicted molar refractivity (Wildman–Crippen MR) is 54.9 cm³/mol. The normalized spacial score (nSPS) is 15.9. The summed E-state index contributed by atoms with van der Waals surface area (Å²) >= 11 is 0. The molecule has 0 aromatic heterocycles. The van der Waals surface area contributed by atoms with Crippen LogP contribution in [0.2, 0.25) is 0 Å². The number of rotatable bonds is 2. The van der Waals surface area contributed by atoms with Crippen LogP contribution in [0.3, 0.4) is 0 Å². The monoisotopic (exact) mass is 233 g/mol. The first-order valence-electron chi connectivity index (χ1n) is 4.78. The van der Waals surface area contributed by atoms with Crippen molar-refractivity contribution in [3.8, 4) is 0 Å². The standard InChI is InChI=1S/C11H14F3NO/c1-7-3-8(2)5-9(4-7)10(16,6-15)11(12,13)14/h3-5,16H,6,15H2,1-2H3. The van der Waals surface area contributed by atoms with Crippen LogP contribution in [0, 0.1) is 13.8 Å². The Bertz CT molecular complexity index is 369. The van der Waals surface area contributed by atoms with Crippen LogP contribution in [-0.4, -0.2) is 17.8 Å². The summed E-state index contributed by atoms with van der Waals surface area (Å²) in [7, 11) is 0. The van der Waals surface area contributed by atoms with E-state index in [-0.39, 0.29) is 5.56 Å². The molecule has 1 unspecified atom stereocenters. The quantitative estimate of drug-likeness (QED) is 0.820. The van der Waals surface area contributed by atoms with E-state index in [0.29, 0.717) is 11.1 Å². The minimum absolute atomic E-state index is 0.208. The maximum absolute atomic E-state index is 12.7. The third-order valence-corrected chi connectivity index (χ3v) is 2.46. The van der Waals surface area contributed by atoms with Gasteiger partial charge < -0.3 is 10.8 Å². The molecular weight excluding hydrogens is 219 g/mol. The van der Waals surface area contributed by atoms with Crippen molar-refractivity contribution in [3.63, 3.8) is 0 Å². The van der Waals surface area contributed by atoms with Gasteiger partial charge in [0, 0.05) is 6.54 Å². The van der Waals surface area contributed by atoms with Gasteiger partial charge in [-0.1, -0.05) is 29.3 Å². The van der Waals surface area contributed by atoms with E-state index in [9.17, 15) is 18.3 Å². The molecule has 0 aliphatic heterocycles. The second-order valence-corrected chi connectivity index (χ2v) is 3.94. The lowest BCUT2D eigenvalue weighted by Gasteiger charge is -2.30. The summed E-state index contributed by atoms with van der Waals surface area (Å²) in [6.45, 7) is 2.45. The summed E-state index contributed by atoms with van der Waals surface area (Å²) in [6.07, 6.45) is -4.78. The molecule has 1 aromatic rings. The molecule has 5 heteroatoms. The average Bonchev–Trinajstić information content (AvgIpc) is 2.13. The molecule has 0 saturated heterocycles. The number of alkyl halides is 3. The van der Waals surface area contributed by atoms with Gasteiger partial charge in [-0.05, 0) is 19.4 Å². The molecule has 0 radical (unpaired) electrons. The van der Waals surface area contributed by atoms with Crippen LogP contribution in [0.4, 0.5) is 13.2 Å². The highest BCUT2D eigenvalue weighted by atomic mass is 19.4. The Hall–Kier alpha value is -1.07. The molecule has 1 atom stereocenters. The minimum Gasteiger partial charge on any atom is -0.375 e. The molecule has 1 rings (SSSR count). The Kier molecular flexibility index (Phi) is 3.30. The fraction of sp³-hybridized carbons (Fsp3) is 0.455. The second-order valence-electron chi connectivity index (χ2n) is 3.94. The fourth-order valence-corrected chi connectivity index (χ4v) is 1.61. The van der Waals surface area contributed by atoms with E-state index in [1.165, 1.54) is 12.1 Å². The topological polar surface area (TPSA) is 46.2 Å². The molecule has 0 heterocycles. The first kappa shape index (κ1) is 13.0. The lowest BCUT2D eigenvalue weighted by atomic mass is 9.90. The first-order valence-corrected chi connectivity index (χ1v) is 4.78. The van der Waals surface area contributed by atoms with Crippen molar-refractivity contribution in [1.29, 1.82) is 0 Å². The fourth-order valence-electron chi connectivity index (χ4n) is 1.61. The third kappa shape index (κ3) is 2.20. The number of nitrogens with two attached hydrogens (primary N) is 1. The number of hydrogen-bond donors (Lipinski definition) is 2. The van der Waals surface area contributed by atoms with Crippen molar-refractivity contribution in [2.45, 2.75) is 25.6 Å². The van der Waals surface area contributed by atoms with Gasteiger partial charge in [0.1, 0.15) is 0 Å². The predicted octanol–water partition coefficient (Wildman–Crippen LogP) is 2.01. The molecule has 0 aliphatic rings. The summed E-state index contributed by atoms with van der Waals surface area (Å²) in [5.41, 5.74) is 3.20. The SMILES string of the molecule is Cc1cc(C)cc(C(O)(CN)C(F)(F)F)c1. The van der Waals surface area contributed by atoms with Gasteiger partial charge in [-0.15, -0.1) is 0 Å². The van der Waals surface area contributed by atoms with Gasteiger partial charge in [-0.25, -0.2) is 0 Å². The molecule has 90 valence electrons. The van der Waals surface area contributed by atoms with Crippen LogP contribution < -0.4 is 5.73 Å². The number of benzene rings is 1. The van der Waals surface area contributed by atoms with Crippen molar-refractivity contribution in [3.05, 3.63) is 34.9 Å². The molecule has 1 aromatic carbocycles. The van der Waals surface area contributed by atoms with Gasteiger partial charge in [0.05, 0.1) is 0 Å². The van der Waals surface area contributed by atoms with Crippen LogP contribution in [0.25, 0.3) is 0 Å². The first-order chi connectivity index (χ1) is 7.20. The zero-order valence-electron chi connectivity index (χ0n) is 9.10. The second kappa shape index (κ2) is 4.07.